The maximum atomic E-state index is 12.5. The predicted octanol–water partition coefficient (Wildman–Crippen LogP) is 3.91. The lowest BCUT2D eigenvalue weighted by Gasteiger charge is -2.33. The van der Waals surface area contributed by atoms with Crippen LogP contribution in [0.4, 0.5) is 0 Å². The fourth-order valence-corrected chi connectivity index (χ4v) is 2.76. The Hall–Kier alpha value is -1.34. The van der Waals surface area contributed by atoms with Crippen LogP contribution in [0.1, 0.15) is 17.3 Å². The van der Waals surface area contributed by atoms with Crippen molar-refractivity contribution in [2.24, 2.45) is 0 Å². The van der Waals surface area contributed by atoms with Gasteiger partial charge in [-0.1, -0.05) is 15.9 Å². The molecule has 2 heterocycles. The molecule has 2 aromatic rings. The van der Waals surface area contributed by atoms with E-state index in [0.717, 1.165) is 24.1 Å². The molecule has 0 radical (unpaired) electrons. The first-order valence-electron chi connectivity index (χ1n) is 7.54. The Labute approximate surface area is 168 Å². The van der Waals surface area contributed by atoms with E-state index < -0.39 is 0 Å². The van der Waals surface area contributed by atoms with Crippen LogP contribution in [-0.4, -0.2) is 41.5 Å². The Bertz CT molecular complexity index is 683. The Morgan fingerprint density at radius 1 is 1.24 bits per heavy atom. The number of rotatable bonds is 3. The van der Waals surface area contributed by atoms with Crippen molar-refractivity contribution in [2.45, 2.75) is 13.0 Å². The summed E-state index contributed by atoms with van der Waals surface area (Å²) >= 11 is 3.38. The highest BCUT2D eigenvalue weighted by atomic mass is 79.9. The molecule has 0 saturated carbocycles. The van der Waals surface area contributed by atoms with Crippen molar-refractivity contribution in [1.82, 2.24) is 15.2 Å². The summed E-state index contributed by atoms with van der Waals surface area (Å²) in [5.41, 5.74) is 0.585. The molecule has 1 atom stereocenters. The van der Waals surface area contributed by atoms with Crippen LogP contribution in [0.25, 0.3) is 0 Å². The number of carbonyl (C=O) groups excluding carboxylic acids is 1. The van der Waals surface area contributed by atoms with Crippen LogP contribution >= 0.6 is 40.7 Å². The maximum absolute atomic E-state index is 12.5. The fraction of sp³-hybridized carbons (Fsp3) is 0.294. The number of piperazine rings is 1. The van der Waals surface area contributed by atoms with Crippen LogP contribution in [0.15, 0.2) is 47.1 Å². The first-order valence-corrected chi connectivity index (χ1v) is 8.34. The summed E-state index contributed by atoms with van der Waals surface area (Å²) in [5, 5.41) is 3.28. The highest BCUT2D eigenvalue weighted by Gasteiger charge is 2.24. The summed E-state index contributed by atoms with van der Waals surface area (Å²) in [7, 11) is 0. The molecule has 0 bridgehead atoms. The van der Waals surface area contributed by atoms with Crippen molar-refractivity contribution in [1.29, 1.82) is 0 Å². The lowest BCUT2D eigenvalue weighted by molar-refractivity contribution is 0.0655. The molecule has 8 heteroatoms. The number of aromatic nitrogens is 1. The molecule has 25 heavy (non-hydrogen) atoms. The largest absolute Gasteiger partial charge is 0.439 e. The molecular weight excluding hydrogens is 429 g/mol. The number of nitrogens with one attached hydrogen (secondary N) is 1. The summed E-state index contributed by atoms with van der Waals surface area (Å²) in [6.07, 6.45) is 1.57. The lowest BCUT2D eigenvalue weighted by Crippen LogP contribution is -2.52. The van der Waals surface area contributed by atoms with Gasteiger partial charge in [0.05, 0.1) is 5.56 Å². The van der Waals surface area contributed by atoms with Gasteiger partial charge in [0.15, 0.2) is 0 Å². The van der Waals surface area contributed by atoms with Crippen molar-refractivity contribution in [2.75, 3.05) is 19.6 Å². The van der Waals surface area contributed by atoms with Gasteiger partial charge in [-0.2, -0.15) is 0 Å². The minimum atomic E-state index is 0. The molecule has 1 saturated heterocycles. The van der Waals surface area contributed by atoms with Gasteiger partial charge in [-0.25, -0.2) is 4.98 Å². The van der Waals surface area contributed by atoms with Crippen LogP contribution in [-0.2, 0) is 0 Å². The van der Waals surface area contributed by atoms with E-state index in [-0.39, 0.29) is 36.8 Å². The molecular formula is C17H20BrCl2N3O2. The minimum Gasteiger partial charge on any atom is -0.439 e. The zero-order chi connectivity index (χ0) is 16.2. The maximum Gasteiger partial charge on any atom is 0.255 e. The van der Waals surface area contributed by atoms with Crippen molar-refractivity contribution in [3.63, 3.8) is 0 Å². The molecule has 136 valence electrons. The number of halogens is 3. The third-order valence-corrected chi connectivity index (χ3v) is 4.31. The molecule has 1 aromatic heterocycles. The minimum absolute atomic E-state index is 0. The summed E-state index contributed by atoms with van der Waals surface area (Å²) in [5.74, 6) is 1.19. The van der Waals surface area contributed by atoms with Gasteiger partial charge in [-0.3, -0.25) is 4.79 Å². The van der Waals surface area contributed by atoms with Gasteiger partial charge in [-0.15, -0.1) is 24.8 Å². The number of hydrogen-bond donors (Lipinski definition) is 1. The summed E-state index contributed by atoms with van der Waals surface area (Å²) in [4.78, 5) is 18.6. The molecule has 1 amide bonds. The molecule has 0 aliphatic carbocycles. The van der Waals surface area contributed by atoms with E-state index in [9.17, 15) is 4.79 Å². The van der Waals surface area contributed by atoms with E-state index in [1.165, 1.54) is 0 Å². The number of ether oxygens (including phenoxy) is 1. The molecule has 0 spiro atoms. The third-order valence-electron chi connectivity index (χ3n) is 3.78. The quantitative estimate of drug-likeness (QED) is 0.773. The number of pyridine rings is 1. The smallest absolute Gasteiger partial charge is 0.255 e. The van der Waals surface area contributed by atoms with Gasteiger partial charge in [0.25, 0.3) is 5.91 Å². The average molecular weight is 449 g/mol. The molecule has 1 aliphatic heterocycles. The Balaban J connectivity index is 0.00000156. The van der Waals surface area contributed by atoms with Crippen LogP contribution in [0.2, 0.25) is 0 Å². The van der Waals surface area contributed by atoms with E-state index in [1.54, 1.807) is 18.3 Å². The van der Waals surface area contributed by atoms with Crippen LogP contribution in [0.3, 0.4) is 0 Å². The van der Waals surface area contributed by atoms with E-state index in [4.69, 9.17) is 4.74 Å². The van der Waals surface area contributed by atoms with E-state index in [0.29, 0.717) is 17.2 Å². The summed E-state index contributed by atoms with van der Waals surface area (Å²) in [6, 6.07) is 11.2. The highest BCUT2D eigenvalue weighted by molar-refractivity contribution is 9.10. The van der Waals surface area contributed by atoms with Gasteiger partial charge in [0.2, 0.25) is 5.88 Å². The summed E-state index contributed by atoms with van der Waals surface area (Å²) in [6.45, 7) is 4.41. The van der Waals surface area contributed by atoms with E-state index in [2.05, 4.69) is 26.2 Å². The number of carbonyl (C=O) groups is 1. The van der Waals surface area contributed by atoms with Gasteiger partial charge in [0, 0.05) is 42.4 Å². The van der Waals surface area contributed by atoms with E-state index >= 15 is 0 Å². The third kappa shape index (κ3) is 5.57. The number of nitrogens with zero attached hydrogens (tertiary/aromatic N) is 2. The number of amides is 1. The average Bonchev–Trinajstić information content (AvgIpc) is 2.57. The standard InChI is InChI=1S/C17H18BrN3O2.2ClH/c1-12-10-19-8-9-21(12)17(22)13-2-7-16(20-11-13)23-15-5-3-14(18)4-6-15;;/h2-7,11-12,19H,8-10H2,1H3;2*1H/t12-;;/m1../s1. The van der Waals surface area contributed by atoms with E-state index in [1.807, 2.05) is 36.1 Å². The molecule has 1 aromatic carbocycles. The molecule has 1 fully saturated rings. The first kappa shape index (κ1) is 21.7. The fourth-order valence-electron chi connectivity index (χ4n) is 2.50. The second kappa shape index (κ2) is 9.97. The lowest BCUT2D eigenvalue weighted by atomic mass is 10.1. The Morgan fingerprint density at radius 2 is 1.96 bits per heavy atom. The summed E-state index contributed by atoms with van der Waals surface area (Å²) < 4.78 is 6.66. The van der Waals surface area contributed by atoms with Crippen molar-refractivity contribution < 1.29 is 9.53 Å². The van der Waals surface area contributed by atoms with Crippen LogP contribution in [0.5, 0.6) is 11.6 Å². The van der Waals surface area contributed by atoms with Gasteiger partial charge in [-0.05, 0) is 37.3 Å². The second-order valence-corrected chi connectivity index (χ2v) is 6.41. The second-order valence-electron chi connectivity index (χ2n) is 5.49. The van der Waals surface area contributed by atoms with Crippen molar-refractivity contribution >= 4 is 46.7 Å². The van der Waals surface area contributed by atoms with Crippen LogP contribution in [0, 0.1) is 0 Å². The van der Waals surface area contributed by atoms with Gasteiger partial charge in [0.1, 0.15) is 5.75 Å². The Morgan fingerprint density at radius 3 is 2.56 bits per heavy atom. The predicted molar refractivity (Wildman–Crippen MR) is 106 cm³/mol. The zero-order valence-electron chi connectivity index (χ0n) is 13.6. The molecule has 1 aliphatic rings. The molecule has 1 N–H and O–H groups in total. The Kier molecular flexibility index (Phi) is 8.65. The van der Waals surface area contributed by atoms with Crippen molar-refractivity contribution in [3.05, 3.63) is 52.6 Å². The van der Waals surface area contributed by atoms with Crippen LogP contribution < -0.4 is 10.1 Å². The van der Waals surface area contributed by atoms with Gasteiger partial charge >= 0.3 is 0 Å². The van der Waals surface area contributed by atoms with Crippen molar-refractivity contribution in [3.8, 4) is 11.6 Å². The molecule has 3 rings (SSSR count). The molecule has 5 nitrogen and oxygen atoms in total. The number of benzene rings is 1. The first-order chi connectivity index (χ1) is 11.1. The highest BCUT2D eigenvalue weighted by Crippen LogP contribution is 2.22. The zero-order valence-corrected chi connectivity index (χ0v) is 16.9. The topological polar surface area (TPSA) is 54.5 Å². The van der Waals surface area contributed by atoms with Gasteiger partial charge < -0.3 is 15.0 Å². The monoisotopic (exact) mass is 447 g/mol. The normalized spacial score (nSPS) is 16.4. The SMILES string of the molecule is C[C@@H]1CNCCN1C(=O)c1ccc(Oc2ccc(Br)cc2)nc1.Cl.Cl. The number of hydrogen-bond acceptors (Lipinski definition) is 4. The molecule has 0 unspecified atom stereocenters.